The maximum atomic E-state index is 8.92. The Kier molecular flexibility index (Phi) is 3.36. The van der Waals surface area contributed by atoms with E-state index in [9.17, 15) is 0 Å². The quantitative estimate of drug-likeness (QED) is 0.862. The van der Waals surface area contributed by atoms with Gasteiger partial charge in [0.1, 0.15) is 0 Å². The smallest absolute Gasteiger partial charge is 0.0774 e. The van der Waals surface area contributed by atoms with E-state index >= 15 is 0 Å². The number of aliphatic hydroxyl groups excluding tert-OH is 1. The molecule has 0 atom stereocenters. The molecule has 2 aromatic rings. The van der Waals surface area contributed by atoms with Crippen molar-refractivity contribution in [2.45, 2.75) is 16.5 Å². The molecule has 0 saturated heterocycles. The SMILES string of the molecule is OCc1c[nH]c(Sc2ccccc2Cl)c1. The maximum Gasteiger partial charge on any atom is 0.0774 e. The van der Waals surface area contributed by atoms with Crippen molar-refractivity contribution in [3.05, 3.63) is 47.1 Å². The largest absolute Gasteiger partial charge is 0.392 e. The summed E-state index contributed by atoms with van der Waals surface area (Å²) in [5.74, 6) is 0. The number of aromatic amines is 1. The Morgan fingerprint density at radius 1 is 1.33 bits per heavy atom. The zero-order valence-electron chi connectivity index (χ0n) is 7.90. The van der Waals surface area contributed by atoms with Gasteiger partial charge in [0, 0.05) is 11.1 Å². The Bertz CT molecular complexity index is 455. The lowest BCUT2D eigenvalue weighted by atomic mass is 10.4. The first kappa shape index (κ1) is 10.6. The molecule has 0 unspecified atom stereocenters. The number of H-pyrrole nitrogens is 1. The number of hydrogen-bond donors (Lipinski definition) is 2. The van der Waals surface area contributed by atoms with Crippen molar-refractivity contribution >= 4 is 23.4 Å². The zero-order valence-corrected chi connectivity index (χ0v) is 9.48. The highest BCUT2D eigenvalue weighted by molar-refractivity contribution is 7.99. The van der Waals surface area contributed by atoms with Gasteiger partial charge in [-0.1, -0.05) is 35.5 Å². The van der Waals surface area contributed by atoms with Crippen LogP contribution in [0.1, 0.15) is 5.56 Å². The van der Waals surface area contributed by atoms with Crippen molar-refractivity contribution in [1.82, 2.24) is 4.98 Å². The molecule has 2 rings (SSSR count). The third kappa shape index (κ3) is 2.56. The number of halogens is 1. The third-order valence-corrected chi connectivity index (χ3v) is 3.43. The molecule has 0 aliphatic heterocycles. The summed E-state index contributed by atoms with van der Waals surface area (Å²) in [7, 11) is 0. The van der Waals surface area contributed by atoms with E-state index < -0.39 is 0 Å². The van der Waals surface area contributed by atoms with Crippen LogP contribution in [0.2, 0.25) is 5.02 Å². The van der Waals surface area contributed by atoms with Gasteiger partial charge in [0.2, 0.25) is 0 Å². The van der Waals surface area contributed by atoms with Crippen LogP contribution in [0.4, 0.5) is 0 Å². The summed E-state index contributed by atoms with van der Waals surface area (Å²) >= 11 is 7.58. The van der Waals surface area contributed by atoms with Gasteiger partial charge in [-0.05, 0) is 23.8 Å². The van der Waals surface area contributed by atoms with Crippen molar-refractivity contribution in [2.24, 2.45) is 0 Å². The summed E-state index contributed by atoms with van der Waals surface area (Å²) in [6, 6.07) is 9.59. The molecule has 1 aromatic heterocycles. The average Bonchev–Trinajstić information content (AvgIpc) is 2.69. The predicted molar refractivity (Wildman–Crippen MR) is 62.3 cm³/mol. The van der Waals surface area contributed by atoms with Crippen LogP contribution in [0.3, 0.4) is 0 Å². The zero-order chi connectivity index (χ0) is 10.7. The molecule has 0 amide bonds. The normalized spacial score (nSPS) is 10.5. The molecule has 2 N–H and O–H groups in total. The lowest BCUT2D eigenvalue weighted by Gasteiger charge is -2.00. The van der Waals surface area contributed by atoms with E-state index in [1.165, 1.54) is 0 Å². The van der Waals surface area contributed by atoms with Crippen LogP contribution in [-0.4, -0.2) is 10.1 Å². The van der Waals surface area contributed by atoms with Crippen molar-refractivity contribution in [3.63, 3.8) is 0 Å². The van der Waals surface area contributed by atoms with Crippen LogP contribution in [0.15, 0.2) is 46.5 Å². The summed E-state index contributed by atoms with van der Waals surface area (Å²) < 4.78 is 0. The first-order valence-corrected chi connectivity index (χ1v) is 5.69. The van der Waals surface area contributed by atoms with Gasteiger partial charge >= 0.3 is 0 Å². The third-order valence-electron chi connectivity index (χ3n) is 1.96. The van der Waals surface area contributed by atoms with Gasteiger partial charge in [0.15, 0.2) is 0 Å². The monoisotopic (exact) mass is 239 g/mol. The second-order valence-electron chi connectivity index (χ2n) is 3.06. The minimum atomic E-state index is 0.0551. The van der Waals surface area contributed by atoms with E-state index in [1.54, 1.807) is 18.0 Å². The Morgan fingerprint density at radius 3 is 2.80 bits per heavy atom. The van der Waals surface area contributed by atoms with E-state index in [0.717, 1.165) is 20.5 Å². The fourth-order valence-electron chi connectivity index (χ4n) is 1.21. The number of aliphatic hydroxyl groups is 1. The Balaban J connectivity index is 2.18. The summed E-state index contributed by atoms with van der Waals surface area (Å²) in [5, 5.41) is 10.6. The molecule has 1 aromatic carbocycles. The minimum absolute atomic E-state index is 0.0551. The second-order valence-corrected chi connectivity index (χ2v) is 4.55. The molecule has 15 heavy (non-hydrogen) atoms. The molecule has 0 aliphatic carbocycles. The van der Waals surface area contributed by atoms with Gasteiger partial charge in [-0.2, -0.15) is 0 Å². The fourth-order valence-corrected chi connectivity index (χ4v) is 2.34. The average molecular weight is 240 g/mol. The molecule has 0 spiro atoms. The second kappa shape index (κ2) is 4.75. The summed E-state index contributed by atoms with van der Waals surface area (Å²) in [5.41, 5.74) is 0.879. The molecule has 78 valence electrons. The van der Waals surface area contributed by atoms with Gasteiger partial charge in [-0.25, -0.2) is 0 Å². The van der Waals surface area contributed by atoms with E-state index in [0.29, 0.717) is 0 Å². The molecule has 1 heterocycles. The first-order valence-electron chi connectivity index (χ1n) is 4.50. The van der Waals surface area contributed by atoms with Gasteiger partial charge in [0.25, 0.3) is 0 Å². The van der Waals surface area contributed by atoms with Crippen LogP contribution in [0.25, 0.3) is 0 Å². The molecule has 0 aliphatic rings. The van der Waals surface area contributed by atoms with Crippen LogP contribution in [0.5, 0.6) is 0 Å². The Labute approximate surface area is 97.3 Å². The van der Waals surface area contributed by atoms with Crippen LogP contribution < -0.4 is 0 Å². The Morgan fingerprint density at radius 2 is 2.13 bits per heavy atom. The van der Waals surface area contributed by atoms with Crippen LogP contribution >= 0.6 is 23.4 Å². The highest BCUT2D eigenvalue weighted by Crippen LogP contribution is 2.32. The molecule has 4 heteroatoms. The lowest BCUT2D eigenvalue weighted by molar-refractivity contribution is 0.282. The molecule has 0 radical (unpaired) electrons. The van der Waals surface area contributed by atoms with Gasteiger partial charge in [-0.3, -0.25) is 0 Å². The van der Waals surface area contributed by atoms with E-state index in [2.05, 4.69) is 4.98 Å². The van der Waals surface area contributed by atoms with Crippen LogP contribution in [-0.2, 0) is 6.61 Å². The number of rotatable bonds is 3. The molecule has 0 saturated carbocycles. The first-order chi connectivity index (χ1) is 7.29. The molecular formula is C11H10ClNOS. The van der Waals surface area contributed by atoms with Gasteiger partial charge in [-0.15, -0.1) is 0 Å². The van der Waals surface area contributed by atoms with Gasteiger partial charge < -0.3 is 10.1 Å². The summed E-state index contributed by atoms with van der Waals surface area (Å²) in [6.07, 6.45) is 1.79. The molecule has 0 bridgehead atoms. The number of nitrogens with one attached hydrogen (secondary N) is 1. The lowest BCUT2D eigenvalue weighted by Crippen LogP contribution is -1.75. The maximum absolute atomic E-state index is 8.92. The number of hydrogen-bond acceptors (Lipinski definition) is 2. The minimum Gasteiger partial charge on any atom is -0.392 e. The van der Waals surface area contributed by atoms with Crippen LogP contribution in [0, 0.1) is 0 Å². The van der Waals surface area contributed by atoms with Crippen molar-refractivity contribution in [2.75, 3.05) is 0 Å². The van der Waals surface area contributed by atoms with E-state index in [4.69, 9.17) is 16.7 Å². The molecule has 0 fully saturated rings. The summed E-state index contributed by atoms with van der Waals surface area (Å²) in [4.78, 5) is 4.08. The van der Waals surface area contributed by atoms with Crippen molar-refractivity contribution in [1.29, 1.82) is 0 Å². The van der Waals surface area contributed by atoms with Crippen molar-refractivity contribution in [3.8, 4) is 0 Å². The predicted octanol–water partition coefficient (Wildman–Crippen LogP) is 3.31. The molecule has 2 nitrogen and oxygen atoms in total. The van der Waals surface area contributed by atoms with E-state index in [1.807, 2.05) is 30.3 Å². The van der Waals surface area contributed by atoms with E-state index in [-0.39, 0.29) is 6.61 Å². The fraction of sp³-hybridized carbons (Fsp3) is 0.0909. The highest BCUT2D eigenvalue weighted by atomic mass is 35.5. The highest BCUT2D eigenvalue weighted by Gasteiger charge is 2.03. The Hall–Kier alpha value is -0.900. The number of benzene rings is 1. The van der Waals surface area contributed by atoms with Gasteiger partial charge in [0.05, 0.1) is 16.7 Å². The molecular weight excluding hydrogens is 230 g/mol. The topological polar surface area (TPSA) is 36.0 Å². The number of aromatic nitrogens is 1. The van der Waals surface area contributed by atoms with Crippen molar-refractivity contribution < 1.29 is 5.11 Å². The standard InChI is InChI=1S/C11H10ClNOS/c12-9-3-1-2-4-10(9)15-11-5-8(7-14)6-13-11/h1-6,13-14H,7H2. The summed E-state index contributed by atoms with van der Waals surface area (Å²) in [6.45, 7) is 0.0551.